The summed E-state index contributed by atoms with van der Waals surface area (Å²) in [5.74, 6) is -0.385. The fourth-order valence-corrected chi connectivity index (χ4v) is 2.06. The molecule has 1 atom stereocenters. The second kappa shape index (κ2) is 5.36. The quantitative estimate of drug-likeness (QED) is 0.842. The lowest BCUT2D eigenvalue weighted by molar-refractivity contribution is 0.540. The van der Waals surface area contributed by atoms with Crippen molar-refractivity contribution in [3.63, 3.8) is 0 Å². The first-order valence-corrected chi connectivity index (χ1v) is 7.00. The molecule has 1 unspecified atom stereocenters. The largest absolute Gasteiger partial charge is 0.323 e. The Labute approximate surface area is 94.6 Å². The van der Waals surface area contributed by atoms with Gasteiger partial charge in [0.05, 0.1) is 5.69 Å². The van der Waals surface area contributed by atoms with Gasteiger partial charge in [0.15, 0.2) is 0 Å². The monoisotopic (exact) mass is 246 g/mol. The lowest BCUT2D eigenvalue weighted by Crippen LogP contribution is -2.15. The van der Waals surface area contributed by atoms with Crippen molar-refractivity contribution in [1.82, 2.24) is 4.98 Å². The minimum absolute atomic E-state index is 0.0646. The smallest absolute Gasteiger partial charge is 0.147 e. The number of hydrogen-bond donors (Lipinski definition) is 1. The molecule has 1 rings (SSSR count). The molecule has 16 heavy (non-hydrogen) atoms. The van der Waals surface area contributed by atoms with Crippen LogP contribution in [0.5, 0.6) is 0 Å². The molecule has 0 saturated carbocycles. The molecule has 0 saturated heterocycles. The third-order valence-electron chi connectivity index (χ3n) is 2.17. The molecule has 1 aromatic heterocycles. The van der Waals surface area contributed by atoms with Crippen LogP contribution in [0.15, 0.2) is 18.3 Å². The average molecular weight is 246 g/mol. The molecule has 0 aliphatic carbocycles. The number of hydrogen-bond acceptors (Lipinski definition) is 4. The number of pyridine rings is 1. The van der Waals surface area contributed by atoms with E-state index in [4.69, 9.17) is 5.73 Å². The van der Waals surface area contributed by atoms with E-state index in [1.165, 1.54) is 24.6 Å². The van der Waals surface area contributed by atoms with Gasteiger partial charge in [0, 0.05) is 24.2 Å². The molecule has 0 amide bonds. The summed E-state index contributed by atoms with van der Waals surface area (Å²) in [7, 11) is -2.98. The van der Waals surface area contributed by atoms with Crippen LogP contribution >= 0.6 is 0 Å². The second-order valence-electron chi connectivity index (χ2n) is 3.75. The Kier molecular flexibility index (Phi) is 4.37. The number of sulfone groups is 1. The van der Waals surface area contributed by atoms with Crippen LogP contribution in [0, 0.1) is 5.82 Å². The third-order valence-corrected chi connectivity index (χ3v) is 3.20. The molecular formula is C10H15FN2O2S. The van der Waals surface area contributed by atoms with Crippen LogP contribution in [0.25, 0.3) is 0 Å². The molecule has 0 aliphatic rings. The summed E-state index contributed by atoms with van der Waals surface area (Å²) < 4.78 is 35.0. The average Bonchev–Trinajstić information content (AvgIpc) is 2.16. The molecule has 2 N–H and O–H groups in total. The van der Waals surface area contributed by atoms with Crippen LogP contribution in [0.3, 0.4) is 0 Å². The first kappa shape index (κ1) is 13.1. The molecular weight excluding hydrogens is 231 g/mol. The summed E-state index contributed by atoms with van der Waals surface area (Å²) in [6.07, 6.45) is 3.45. The molecule has 0 bridgehead atoms. The van der Waals surface area contributed by atoms with Gasteiger partial charge in [-0.1, -0.05) is 0 Å². The second-order valence-corrected chi connectivity index (χ2v) is 6.01. The van der Waals surface area contributed by atoms with Crippen molar-refractivity contribution < 1.29 is 12.8 Å². The fraction of sp³-hybridized carbons (Fsp3) is 0.500. The Morgan fingerprint density at radius 3 is 2.81 bits per heavy atom. The Hall–Kier alpha value is -1.01. The van der Waals surface area contributed by atoms with E-state index in [0.29, 0.717) is 12.8 Å². The highest BCUT2D eigenvalue weighted by Gasteiger charge is 2.13. The molecule has 90 valence electrons. The van der Waals surface area contributed by atoms with Crippen molar-refractivity contribution in [2.24, 2.45) is 5.73 Å². The van der Waals surface area contributed by atoms with Gasteiger partial charge in [-0.15, -0.1) is 0 Å². The molecule has 0 aliphatic heterocycles. The van der Waals surface area contributed by atoms with E-state index < -0.39 is 21.7 Å². The van der Waals surface area contributed by atoms with E-state index in [2.05, 4.69) is 4.98 Å². The molecule has 0 spiro atoms. The van der Waals surface area contributed by atoms with Crippen LogP contribution in [-0.4, -0.2) is 25.4 Å². The number of rotatable bonds is 5. The number of aromatic nitrogens is 1. The van der Waals surface area contributed by atoms with Crippen molar-refractivity contribution in [2.45, 2.75) is 18.9 Å². The zero-order valence-electron chi connectivity index (χ0n) is 9.06. The summed E-state index contributed by atoms with van der Waals surface area (Å²) in [5, 5.41) is 0. The molecule has 0 aromatic carbocycles. The van der Waals surface area contributed by atoms with Gasteiger partial charge in [-0.2, -0.15) is 0 Å². The van der Waals surface area contributed by atoms with Crippen LogP contribution in [0.2, 0.25) is 0 Å². The molecule has 0 radical (unpaired) electrons. The zero-order valence-corrected chi connectivity index (χ0v) is 9.87. The van der Waals surface area contributed by atoms with Crippen molar-refractivity contribution >= 4 is 9.84 Å². The van der Waals surface area contributed by atoms with E-state index in [0.717, 1.165) is 0 Å². The number of nitrogens with zero attached hydrogens (tertiary/aromatic N) is 1. The minimum Gasteiger partial charge on any atom is -0.323 e. The summed E-state index contributed by atoms with van der Waals surface area (Å²) in [6.45, 7) is 0. The van der Waals surface area contributed by atoms with Crippen LogP contribution < -0.4 is 5.73 Å². The Morgan fingerprint density at radius 2 is 2.25 bits per heavy atom. The molecule has 0 fully saturated rings. The van der Waals surface area contributed by atoms with Gasteiger partial charge in [-0.3, -0.25) is 4.98 Å². The number of halogens is 1. The maximum absolute atomic E-state index is 13.2. The highest BCUT2D eigenvalue weighted by atomic mass is 32.2. The Morgan fingerprint density at radius 1 is 1.56 bits per heavy atom. The van der Waals surface area contributed by atoms with E-state index >= 15 is 0 Å². The van der Waals surface area contributed by atoms with Gasteiger partial charge in [0.1, 0.15) is 15.7 Å². The standard InChI is InChI=1S/C10H15FN2O2S/c1-16(14,15)7-3-5-9(12)10-8(11)4-2-6-13-10/h2,4,6,9H,3,5,7,12H2,1H3. The van der Waals surface area contributed by atoms with Gasteiger partial charge in [-0.25, -0.2) is 12.8 Å². The summed E-state index contributed by atoms with van der Waals surface area (Å²) in [6, 6.07) is 2.23. The Balaban J connectivity index is 2.54. The molecule has 6 heteroatoms. The van der Waals surface area contributed by atoms with Gasteiger partial charge >= 0.3 is 0 Å². The van der Waals surface area contributed by atoms with Crippen LogP contribution in [0.4, 0.5) is 4.39 Å². The van der Waals surface area contributed by atoms with Gasteiger partial charge in [0.25, 0.3) is 0 Å². The molecule has 1 aromatic rings. The summed E-state index contributed by atoms with van der Waals surface area (Å²) >= 11 is 0. The zero-order chi connectivity index (χ0) is 12.2. The first-order chi connectivity index (χ1) is 7.40. The maximum Gasteiger partial charge on any atom is 0.147 e. The number of nitrogens with two attached hydrogens (primary N) is 1. The van der Waals surface area contributed by atoms with Crippen molar-refractivity contribution in [3.8, 4) is 0 Å². The van der Waals surface area contributed by atoms with E-state index in [1.54, 1.807) is 0 Å². The van der Waals surface area contributed by atoms with Crippen molar-refractivity contribution in [2.75, 3.05) is 12.0 Å². The highest BCUT2D eigenvalue weighted by molar-refractivity contribution is 7.90. The third kappa shape index (κ3) is 4.24. The fourth-order valence-electron chi connectivity index (χ4n) is 1.37. The predicted molar refractivity (Wildman–Crippen MR) is 60.1 cm³/mol. The Bertz CT molecular complexity index is 448. The topological polar surface area (TPSA) is 73.0 Å². The minimum atomic E-state index is -2.98. The molecule has 4 nitrogen and oxygen atoms in total. The lowest BCUT2D eigenvalue weighted by atomic mass is 10.1. The normalized spacial score (nSPS) is 13.7. The lowest BCUT2D eigenvalue weighted by Gasteiger charge is -2.10. The molecule has 1 heterocycles. The van der Waals surface area contributed by atoms with Crippen LogP contribution in [0.1, 0.15) is 24.6 Å². The van der Waals surface area contributed by atoms with E-state index in [9.17, 15) is 12.8 Å². The SMILES string of the molecule is CS(=O)(=O)CCCC(N)c1ncccc1F. The highest BCUT2D eigenvalue weighted by Crippen LogP contribution is 2.16. The van der Waals surface area contributed by atoms with E-state index in [1.807, 2.05) is 0 Å². The van der Waals surface area contributed by atoms with Gasteiger partial charge in [0.2, 0.25) is 0 Å². The predicted octanol–water partition coefficient (Wildman–Crippen LogP) is 1.05. The summed E-state index contributed by atoms with van der Waals surface area (Å²) in [4.78, 5) is 3.84. The van der Waals surface area contributed by atoms with Gasteiger partial charge < -0.3 is 5.73 Å². The maximum atomic E-state index is 13.2. The van der Waals surface area contributed by atoms with Crippen LogP contribution in [-0.2, 0) is 9.84 Å². The van der Waals surface area contributed by atoms with Crippen molar-refractivity contribution in [1.29, 1.82) is 0 Å². The summed E-state index contributed by atoms with van der Waals surface area (Å²) in [5.41, 5.74) is 5.92. The van der Waals surface area contributed by atoms with Crippen molar-refractivity contribution in [3.05, 3.63) is 29.8 Å². The first-order valence-electron chi connectivity index (χ1n) is 4.94. The van der Waals surface area contributed by atoms with E-state index in [-0.39, 0.29) is 11.4 Å². The van der Waals surface area contributed by atoms with Gasteiger partial charge in [-0.05, 0) is 25.0 Å².